The third kappa shape index (κ3) is 4.04. The molecule has 0 aliphatic heterocycles. The van der Waals surface area contributed by atoms with Crippen LogP contribution in [-0.2, 0) is 6.54 Å². The number of aryl methyl sites for hydroxylation is 2. The maximum atomic E-state index is 5.96. The van der Waals surface area contributed by atoms with Gasteiger partial charge in [0.1, 0.15) is 5.75 Å². The van der Waals surface area contributed by atoms with Crippen LogP contribution in [0.2, 0.25) is 0 Å². The smallest absolute Gasteiger partial charge is 0.125 e. The molecule has 2 nitrogen and oxygen atoms in total. The first kappa shape index (κ1) is 14.0. The lowest BCUT2D eigenvalue weighted by atomic mass is 10.1. The molecule has 0 aliphatic carbocycles. The van der Waals surface area contributed by atoms with Gasteiger partial charge in [0.05, 0.1) is 6.10 Å². The number of benzene rings is 1. The fraction of sp³-hybridized carbons (Fsp3) is 0.600. The molecule has 0 aromatic heterocycles. The molecule has 96 valence electrons. The van der Waals surface area contributed by atoms with E-state index in [0.717, 1.165) is 25.3 Å². The molecule has 1 atom stereocenters. The molecule has 0 radical (unpaired) electrons. The number of ether oxygens (including phenoxy) is 1. The lowest BCUT2D eigenvalue weighted by molar-refractivity contribution is 0.214. The van der Waals surface area contributed by atoms with E-state index in [-0.39, 0.29) is 6.10 Å². The van der Waals surface area contributed by atoms with Gasteiger partial charge in [0.2, 0.25) is 0 Å². The predicted molar refractivity (Wildman–Crippen MR) is 73.7 cm³/mol. The minimum absolute atomic E-state index is 0.284. The van der Waals surface area contributed by atoms with Crippen LogP contribution in [0.4, 0.5) is 0 Å². The lowest BCUT2D eigenvalue weighted by Crippen LogP contribution is -2.14. The minimum Gasteiger partial charge on any atom is -0.490 e. The van der Waals surface area contributed by atoms with Crippen molar-refractivity contribution in [1.82, 2.24) is 5.32 Å². The highest BCUT2D eigenvalue weighted by molar-refractivity contribution is 5.43. The molecular weight excluding hydrogens is 210 g/mol. The molecule has 0 saturated carbocycles. The van der Waals surface area contributed by atoms with E-state index >= 15 is 0 Å². The third-order valence-electron chi connectivity index (χ3n) is 2.99. The predicted octanol–water partition coefficient (Wildman–Crippen LogP) is 3.59. The summed E-state index contributed by atoms with van der Waals surface area (Å²) in [7, 11) is 0. The highest BCUT2D eigenvalue weighted by Gasteiger charge is 2.09. The van der Waals surface area contributed by atoms with Crippen molar-refractivity contribution in [2.75, 3.05) is 6.54 Å². The zero-order valence-electron chi connectivity index (χ0n) is 11.8. The molecule has 2 heteroatoms. The summed E-state index contributed by atoms with van der Waals surface area (Å²) in [6.45, 7) is 12.6. The van der Waals surface area contributed by atoms with Gasteiger partial charge in [-0.25, -0.2) is 0 Å². The minimum atomic E-state index is 0.284. The van der Waals surface area contributed by atoms with Gasteiger partial charge in [0, 0.05) is 6.54 Å². The van der Waals surface area contributed by atoms with Gasteiger partial charge >= 0.3 is 0 Å². The monoisotopic (exact) mass is 235 g/mol. The van der Waals surface area contributed by atoms with Crippen LogP contribution in [0.25, 0.3) is 0 Å². The van der Waals surface area contributed by atoms with Gasteiger partial charge in [0.25, 0.3) is 0 Å². The summed E-state index contributed by atoms with van der Waals surface area (Å²) < 4.78 is 5.96. The number of rotatable bonds is 6. The van der Waals surface area contributed by atoms with E-state index in [0.29, 0.717) is 0 Å². The van der Waals surface area contributed by atoms with Crippen LogP contribution in [0.3, 0.4) is 0 Å². The largest absolute Gasteiger partial charge is 0.490 e. The van der Waals surface area contributed by atoms with Crippen molar-refractivity contribution in [3.05, 3.63) is 28.8 Å². The first-order valence-electron chi connectivity index (χ1n) is 6.55. The van der Waals surface area contributed by atoms with Crippen LogP contribution >= 0.6 is 0 Å². The first-order chi connectivity index (χ1) is 8.08. The average molecular weight is 235 g/mol. The van der Waals surface area contributed by atoms with Crippen molar-refractivity contribution in [2.45, 2.75) is 53.7 Å². The van der Waals surface area contributed by atoms with Crippen LogP contribution < -0.4 is 10.1 Å². The van der Waals surface area contributed by atoms with Crippen molar-refractivity contribution in [3.63, 3.8) is 0 Å². The second-order valence-corrected chi connectivity index (χ2v) is 4.68. The average Bonchev–Trinajstić information content (AvgIpc) is 2.30. The third-order valence-corrected chi connectivity index (χ3v) is 2.99. The topological polar surface area (TPSA) is 21.3 Å². The summed E-state index contributed by atoms with van der Waals surface area (Å²) in [5.41, 5.74) is 3.80. The molecular formula is C15H25NO. The molecule has 0 fully saturated rings. The van der Waals surface area contributed by atoms with Crippen LogP contribution in [0, 0.1) is 13.8 Å². The van der Waals surface area contributed by atoms with E-state index in [2.05, 4.69) is 52.1 Å². The normalized spacial score (nSPS) is 12.5. The van der Waals surface area contributed by atoms with Crippen molar-refractivity contribution in [1.29, 1.82) is 0 Å². The zero-order valence-corrected chi connectivity index (χ0v) is 11.8. The van der Waals surface area contributed by atoms with Crippen LogP contribution in [-0.4, -0.2) is 12.6 Å². The maximum Gasteiger partial charge on any atom is 0.125 e. The molecule has 1 aromatic rings. The lowest BCUT2D eigenvalue weighted by Gasteiger charge is -2.18. The summed E-state index contributed by atoms with van der Waals surface area (Å²) in [6, 6.07) is 4.43. The Kier molecular flexibility index (Phi) is 5.49. The molecule has 0 amide bonds. The van der Waals surface area contributed by atoms with E-state index < -0.39 is 0 Å². The Morgan fingerprint density at radius 3 is 2.24 bits per heavy atom. The van der Waals surface area contributed by atoms with E-state index in [1.54, 1.807) is 0 Å². The molecule has 1 unspecified atom stereocenters. The Morgan fingerprint density at radius 2 is 1.76 bits per heavy atom. The van der Waals surface area contributed by atoms with Gasteiger partial charge in [-0.2, -0.15) is 0 Å². The molecule has 17 heavy (non-hydrogen) atoms. The zero-order chi connectivity index (χ0) is 12.8. The van der Waals surface area contributed by atoms with E-state index in [9.17, 15) is 0 Å². The highest BCUT2D eigenvalue weighted by atomic mass is 16.5. The number of hydrogen-bond donors (Lipinski definition) is 1. The van der Waals surface area contributed by atoms with Gasteiger partial charge in [-0.15, -0.1) is 0 Å². The van der Waals surface area contributed by atoms with Crippen LogP contribution in [0.15, 0.2) is 12.1 Å². The Labute approximate surface area is 105 Å². The molecule has 0 aliphatic rings. The fourth-order valence-electron chi connectivity index (χ4n) is 1.88. The molecule has 0 bridgehead atoms. The van der Waals surface area contributed by atoms with Crippen molar-refractivity contribution < 1.29 is 4.74 Å². The second kappa shape index (κ2) is 6.65. The van der Waals surface area contributed by atoms with Crippen molar-refractivity contribution in [2.24, 2.45) is 0 Å². The van der Waals surface area contributed by atoms with E-state index in [4.69, 9.17) is 4.74 Å². The van der Waals surface area contributed by atoms with Gasteiger partial charge in [-0.1, -0.05) is 26.0 Å². The van der Waals surface area contributed by atoms with E-state index in [1.165, 1.54) is 16.7 Å². The van der Waals surface area contributed by atoms with Gasteiger partial charge in [-0.3, -0.25) is 0 Å². The number of hydrogen-bond acceptors (Lipinski definition) is 2. The molecule has 1 N–H and O–H groups in total. The van der Waals surface area contributed by atoms with Gasteiger partial charge in [-0.05, 0) is 50.4 Å². The molecule has 1 rings (SSSR count). The maximum absolute atomic E-state index is 5.96. The quantitative estimate of drug-likeness (QED) is 0.813. The number of nitrogens with one attached hydrogen (secondary N) is 1. The Hall–Kier alpha value is -1.02. The Morgan fingerprint density at radius 1 is 1.18 bits per heavy atom. The van der Waals surface area contributed by atoms with Crippen LogP contribution in [0.1, 0.15) is 43.9 Å². The second-order valence-electron chi connectivity index (χ2n) is 4.68. The summed E-state index contributed by atoms with van der Waals surface area (Å²) in [4.78, 5) is 0. The van der Waals surface area contributed by atoms with Crippen LogP contribution in [0.5, 0.6) is 5.75 Å². The van der Waals surface area contributed by atoms with Gasteiger partial charge < -0.3 is 10.1 Å². The van der Waals surface area contributed by atoms with Crippen molar-refractivity contribution in [3.8, 4) is 5.75 Å². The Balaban J connectivity index is 2.86. The summed E-state index contributed by atoms with van der Waals surface area (Å²) >= 11 is 0. The summed E-state index contributed by atoms with van der Waals surface area (Å²) in [6.07, 6.45) is 1.32. The first-order valence-corrected chi connectivity index (χ1v) is 6.55. The summed E-state index contributed by atoms with van der Waals surface area (Å²) in [5, 5.41) is 3.35. The summed E-state index contributed by atoms with van der Waals surface area (Å²) in [5.74, 6) is 1.06. The standard InChI is InChI=1S/C15H25NO/c1-6-13(5)17-15-11(3)8-14(9-12(15)4)10-16-7-2/h8-9,13,16H,6-7,10H2,1-5H3. The molecule has 1 aromatic carbocycles. The Bertz CT molecular complexity index is 337. The fourth-order valence-corrected chi connectivity index (χ4v) is 1.88. The molecule has 0 saturated heterocycles. The molecule has 0 spiro atoms. The SMILES string of the molecule is CCNCc1cc(C)c(OC(C)CC)c(C)c1. The molecule has 0 heterocycles. The van der Waals surface area contributed by atoms with Crippen molar-refractivity contribution >= 4 is 0 Å². The highest BCUT2D eigenvalue weighted by Crippen LogP contribution is 2.26. The van der Waals surface area contributed by atoms with E-state index in [1.807, 2.05) is 0 Å². The van der Waals surface area contributed by atoms with Gasteiger partial charge in [0.15, 0.2) is 0 Å².